The molecule has 0 aliphatic carbocycles. The van der Waals surface area contributed by atoms with Crippen molar-refractivity contribution in [2.45, 2.75) is 32.9 Å². The van der Waals surface area contributed by atoms with Gasteiger partial charge in [-0.2, -0.15) is 0 Å². The number of nitrogens with one attached hydrogen (secondary N) is 2. The normalized spacial score (nSPS) is 13.8. The number of rotatable bonds is 4. The van der Waals surface area contributed by atoms with E-state index in [4.69, 9.17) is 5.11 Å². The van der Waals surface area contributed by atoms with Crippen LogP contribution in [0.2, 0.25) is 0 Å². The van der Waals surface area contributed by atoms with Crippen LogP contribution in [-0.2, 0) is 4.79 Å². The number of aryl methyl sites for hydroxylation is 1. The minimum absolute atomic E-state index is 0.241. The van der Waals surface area contributed by atoms with Gasteiger partial charge in [-0.1, -0.05) is 0 Å². The highest BCUT2D eigenvalue weighted by molar-refractivity contribution is 7.11. The summed E-state index contributed by atoms with van der Waals surface area (Å²) in [5.74, 6) is -1.07. The average molecular weight is 257 g/mol. The topological polar surface area (TPSA) is 91.3 Å². The van der Waals surface area contributed by atoms with E-state index in [0.29, 0.717) is 0 Å². The Labute approximate surface area is 103 Å². The number of hydrogen-bond acceptors (Lipinski definition) is 4. The molecule has 7 heteroatoms. The standard InChI is InChI=1S/C10H15N3O3S/c1-5-4-11-8(17-5)6(2)12-10(16)13-7(3)9(14)15/h4,6-7H,1-3H3,(H,14,15)(H2,12,13,16). The molecule has 1 rings (SSSR count). The smallest absolute Gasteiger partial charge is 0.325 e. The predicted molar refractivity (Wildman–Crippen MR) is 64.0 cm³/mol. The predicted octanol–water partition coefficient (Wildman–Crippen LogP) is 1.28. The van der Waals surface area contributed by atoms with Gasteiger partial charge >= 0.3 is 12.0 Å². The highest BCUT2D eigenvalue weighted by Crippen LogP contribution is 2.18. The molecule has 1 heterocycles. The maximum absolute atomic E-state index is 11.4. The van der Waals surface area contributed by atoms with Crippen LogP contribution < -0.4 is 10.6 Å². The Hall–Kier alpha value is -1.63. The molecule has 1 aromatic heterocycles. The van der Waals surface area contributed by atoms with E-state index in [-0.39, 0.29) is 6.04 Å². The monoisotopic (exact) mass is 257 g/mol. The molecule has 2 amide bonds. The zero-order valence-electron chi connectivity index (χ0n) is 9.85. The summed E-state index contributed by atoms with van der Waals surface area (Å²) in [5, 5.41) is 14.4. The Kier molecular flexibility index (Phi) is 4.45. The van der Waals surface area contributed by atoms with Crippen molar-refractivity contribution in [2.24, 2.45) is 0 Å². The summed E-state index contributed by atoms with van der Waals surface area (Å²) in [5.41, 5.74) is 0. The Morgan fingerprint density at radius 2 is 2.06 bits per heavy atom. The first-order chi connectivity index (χ1) is 7.90. The molecule has 2 unspecified atom stereocenters. The highest BCUT2D eigenvalue weighted by Gasteiger charge is 2.17. The van der Waals surface area contributed by atoms with Gasteiger partial charge in [-0.25, -0.2) is 9.78 Å². The maximum Gasteiger partial charge on any atom is 0.325 e. The summed E-state index contributed by atoms with van der Waals surface area (Å²) in [6, 6.07) is -1.67. The minimum Gasteiger partial charge on any atom is -0.480 e. The third kappa shape index (κ3) is 4.03. The Bertz CT molecular complexity index is 419. The summed E-state index contributed by atoms with van der Waals surface area (Å²) in [6.45, 7) is 5.13. The minimum atomic E-state index is -1.07. The zero-order chi connectivity index (χ0) is 13.0. The lowest BCUT2D eigenvalue weighted by Gasteiger charge is -2.14. The third-order valence-electron chi connectivity index (χ3n) is 2.08. The lowest BCUT2D eigenvalue weighted by Crippen LogP contribution is -2.45. The number of urea groups is 1. The van der Waals surface area contributed by atoms with E-state index < -0.39 is 18.0 Å². The summed E-state index contributed by atoms with van der Waals surface area (Å²) in [4.78, 5) is 27.2. The quantitative estimate of drug-likeness (QED) is 0.757. The molecule has 0 saturated heterocycles. The molecule has 0 aliphatic rings. The van der Waals surface area contributed by atoms with Crippen LogP contribution in [0.4, 0.5) is 4.79 Å². The fraction of sp³-hybridized carbons (Fsp3) is 0.500. The van der Waals surface area contributed by atoms with Gasteiger partial charge in [-0.3, -0.25) is 4.79 Å². The van der Waals surface area contributed by atoms with E-state index >= 15 is 0 Å². The van der Waals surface area contributed by atoms with E-state index in [1.165, 1.54) is 18.3 Å². The fourth-order valence-corrected chi connectivity index (χ4v) is 1.91. The number of thiazole rings is 1. The van der Waals surface area contributed by atoms with Gasteiger partial charge in [0.25, 0.3) is 0 Å². The average Bonchev–Trinajstić information content (AvgIpc) is 2.64. The van der Waals surface area contributed by atoms with Crippen molar-refractivity contribution in [3.8, 4) is 0 Å². The van der Waals surface area contributed by atoms with Gasteiger partial charge in [0.15, 0.2) is 0 Å². The second-order valence-electron chi connectivity index (χ2n) is 3.71. The van der Waals surface area contributed by atoms with E-state index in [1.807, 2.05) is 6.92 Å². The number of hydrogen-bond donors (Lipinski definition) is 3. The molecular weight excluding hydrogens is 242 g/mol. The largest absolute Gasteiger partial charge is 0.480 e. The molecule has 0 saturated carbocycles. The molecule has 17 heavy (non-hydrogen) atoms. The van der Waals surface area contributed by atoms with Crippen molar-refractivity contribution in [2.75, 3.05) is 0 Å². The number of carboxylic acid groups (broad SMARTS) is 1. The van der Waals surface area contributed by atoms with Crippen molar-refractivity contribution in [3.05, 3.63) is 16.1 Å². The van der Waals surface area contributed by atoms with E-state index in [2.05, 4.69) is 15.6 Å². The Morgan fingerprint density at radius 1 is 1.41 bits per heavy atom. The van der Waals surface area contributed by atoms with E-state index in [1.54, 1.807) is 13.1 Å². The fourth-order valence-electron chi connectivity index (χ4n) is 1.13. The molecular formula is C10H15N3O3S. The van der Waals surface area contributed by atoms with Gasteiger partial charge in [0.05, 0.1) is 6.04 Å². The van der Waals surface area contributed by atoms with Crippen molar-refractivity contribution < 1.29 is 14.7 Å². The molecule has 6 nitrogen and oxygen atoms in total. The molecule has 3 N–H and O–H groups in total. The number of aliphatic carboxylic acids is 1. The van der Waals surface area contributed by atoms with Crippen LogP contribution >= 0.6 is 11.3 Å². The number of nitrogens with zero attached hydrogens (tertiary/aromatic N) is 1. The van der Waals surface area contributed by atoms with Crippen molar-refractivity contribution in [1.82, 2.24) is 15.6 Å². The molecule has 0 radical (unpaired) electrons. The molecule has 0 bridgehead atoms. The van der Waals surface area contributed by atoms with E-state index in [0.717, 1.165) is 9.88 Å². The number of carbonyl (C=O) groups is 2. The molecule has 0 aromatic carbocycles. The molecule has 0 fully saturated rings. The van der Waals surface area contributed by atoms with Gasteiger partial charge in [0.1, 0.15) is 11.0 Å². The van der Waals surface area contributed by atoms with Gasteiger partial charge in [-0.05, 0) is 20.8 Å². The highest BCUT2D eigenvalue weighted by atomic mass is 32.1. The second-order valence-corrected chi connectivity index (χ2v) is 4.97. The summed E-state index contributed by atoms with van der Waals surface area (Å²) in [7, 11) is 0. The SMILES string of the molecule is Cc1cnc(C(C)NC(=O)NC(C)C(=O)O)s1. The summed E-state index contributed by atoms with van der Waals surface area (Å²) in [6.07, 6.45) is 1.73. The molecule has 2 atom stereocenters. The molecule has 0 aliphatic heterocycles. The Morgan fingerprint density at radius 3 is 2.53 bits per heavy atom. The van der Waals surface area contributed by atoms with Gasteiger partial charge < -0.3 is 15.7 Å². The third-order valence-corrected chi connectivity index (χ3v) is 3.17. The number of carbonyl (C=O) groups excluding carboxylic acids is 1. The maximum atomic E-state index is 11.4. The van der Waals surface area contributed by atoms with Gasteiger partial charge in [0.2, 0.25) is 0 Å². The lowest BCUT2D eigenvalue weighted by molar-refractivity contribution is -0.138. The summed E-state index contributed by atoms with van der Waals surface area (Å²) < 4.78 is 0. The van der Waals surface area contributed by atoms with Crippen LogP contribution in [0.3, 0.4) is 0 Å². The van der Waals surface area contributed by atoms with Crippen LogP contribution in [0, 0.1) is 6.92 Å². The van der Waals surface area contributed by atoms with Crippen molar-refractivity contribution in [1.29, 1.82) is 0 Å². The van der Waals surface area contributed by atoms with E-state index in [9.17, 15) is 9.59 Å². The van der Waals surface area contributed by atoms with Crippen LogP contribution in [0.25, 0.3) is 0 Å². The van der Waals surface area contributed by atoms with Crippen LogP contribution in [-0.4, -0.2) is 28.1 Å². The van der Waals surface area contributed by atoms with Crippen LogP contribution in [0.1, 0.15) is 29.8 Å². The molecule has 1 aromatic rings. The first kappa shape index (κ1) is 13.4. The molecule has 94 valence electrons. The second kappa shape index (κ2) is 5.62. The number of aromatic nitrogens is 1. The number of carboxylic acids is 1. The van der Waals surface area contributed by atoms with Crippen LogP contribution in [0.5, 0.6) is 0 Å². The van der Waals surface area contributed by atoms with Gasteiger partial charge in [0, 0.05) is 11.1 Å². The lowest BCUT2D eigenvalue weighted by atomic mass is 10.3. The van der Waals surface area contributed by atoms with Crippen molar-refractivity contribution >= 4 is 23.3 Å². The number of amides is 2. The molecule has 0 spiro atoms. The Balaban J connectivity index is 2.49. The zero-order valence-corrected chi connectivity index (χ0v) is 10.7. The van der Waals surface area contributed by atoms with Crippen molar-refractivity contribution in [3.63, 3.8) is 0 Å². The van der Waals surface area contributed by atoms with Crippen LogP contribution in [0.15, 0.2) is 6.20 Å². The summed E-state index contributed by atoms with van der Waals surface area (Å²) >= 11 is 1.49. The first-order valence-corrected chi connectivity index (χ1v) is 5.94. The van der Waals surface area contributed by atoms with Gasteiger partial charge in [-0.15, -0.1) is 11.3 Å². The first-order valence-electron chi connectivity index (χ1n) is 5.12.